The van der Waals surface area contributed by atoms with Gasteiger partial charge in [0.1, 0.15) is 17.4 Å². The van der Waals surface area contributed by atoms with Crippen LogP contribution in [0.25, 0.3) is 11.0 Å². The first-order valence-corrected chi connectivity index (χ1v) is 7.41. The molecule has 3 aromatic rings. The molecular weight excluding hydrogens is 363 g/mol. The normalized spacial score (nSPS) is 12.8. The van der Waals surface area contributed by atoms with Crippen LogP contribution in [-0.4, -0.2) is 5.11 Å². The molecule has 1 aromatic heterocycles. The van der Waals surface area contributed by atoms with Crippen molar-refractivity contribution in [1.29, 1.82) is 0 Å². The molecular formula is C15H9BrCl2O2. The fourth-order valence-electron chi connectivity index (χ4n) is 2.02. The van der Waals surface area contributed by atoms with Gasteiger partial charge in [-0.25, -0.2) is 0 Å². The summed E-state index contributed by atoms with van der Waals surface area (Å²) in [5.41, 5.74) is 1.36. The minimum absolute atomic E-state index is 0.459. The minimum atomic E-state index is -0.869. The van der Waals surface area contributed by atoms with Crippen molar-refractivity contribution in [3.05, 3.63) is 68.3 Å². The SMILES string of the molecule is OC(c1ccc(Br)c(Cl)c1)c1cc2cc(Cl)ccc2o1. The Kier molecular flexibility index (Phi) is 3.78. The highest BCUT2D eigenvalue weighted by Crippen LogP contribution is 2.32. The summed E-state index contributed by atoms with van der Waals surface area (Å²) in [6.45, 7) is 0. The molecule has 20 heavy (non-hydrogen) atoms. The van der Waals surface area contributed by atoms with Gasteiger partial charge in [0.25, 0.3) is 0 Å². The van der Waals surface area contributed by atoms with Gasteiger partial charge in [-0.15, -0.1) is 0 Å². The van der Waals surface area contributed by atoms with E-state index in [0.717, 1.165) is 9.86 Å². The third-order valence-corrected chi connectivity index (χ3v) is 4.49. The van der Waals surface area contributed by atoms with Crippen LogP contribution in [0.3, 0.4) is 0 Å². The summed E-state index contributed by atoms with van der Waals surface area (Å²) >= 11 is 15.3. The maximum Gasteiger partial charge on any atom is 0.138 e. The second-order valence-electron chi connectivity index (χ2n) is 4.41. The summed E-state index contributed by atoms with van der Waals surface area (Å²) in [6, 6.07) is 12.4. The van der Waals surface area contributed by atoms with E-state index < -0.39 is 6.10 Å². The highest BCUT2D eigenvalue weighted by molar-refractivity contribution is 9.10. The molecule has 1 heterocycles. The van der Waals surface area contributed by atoms with E-state index in [2.05, 4.69) is 15.9 Å². The van der Waals surface area contributed by atoms with Gasteiger partial charge >= 0.3 is 0 Å². The topological polar surface area (TPSA) is 33.4 Å². The molecule has 1 unspecified atom stereocenters. The van der Waals surface area contributed by atoms with E-state index in [-0.39, 0.29) is 0 Å². The number of fused-ring (bicyclic) bond motifs is 1. The Bertz CT molecular complexity index is 783. The first-order valence-electron chi connectivity index (χ1n) is 5.86. The van der Waals surface area contributed by atoms with Crippen LogP contribution in [0.1, 0.15) is 17.4 Å². The van der Waals surface area contributed by atoms with Crippen LogP contribution in [0.4, 0.5) is 0 Å². The summed E-state index contributed by atoms with van der Waals surface area (Å²) in [6.07, 6.45) is -0.869. The van der Waals surface area contributed by atoms with Crippen LogP contribution in [0.5, 0.6) is 0 Å². The highest BCUT2D eigenvalue weighted by Gasteiger charge is 2.16. The maximum atomic E-state index is 10.4. The zero-order chi connectivity index (χ0) is 14.3. The van der Waals surface area contributed by atoms with E-state index in [0.29, 0.717) is 27.0 Å². The molecule has 5 heteroatoms. The van der Waals surface area contributed by atoms with Crippen LogP contribution in [0.2, 0.25) is 10.0 Å². The van der Waals surface area contributed by atoms with Crippen LogP contribution in [-0.2, 0) is 0 Å². The van der Waals surface area contributed by atoms with Crippen molar-refractivity contribution in [2.24, 2.45) is 0 Å². The largest absolute Gasteiger partial charge is 0.458 e. The van der Waals surface area contributed by atoms with E-state index in [1.165, 1.54) is 0 Å². The molecule has 0 aliphatic rings. The van der Waals surface area contributed by atoms with Gasteiger partial charge in [0.2, 0.25) is 0 Å². The Hall–Kier alpha value is -1.00. The number of halogens is 3. The van der Waals surface area contributed by atoms with E-state index in [1.54, 1.807) is 42.5 Å². The molecule has 0 radical (unpaired) electrons. The second-order valence-corrected chi connectivity index (χ2v) is 6.10. The number of aliphatic hydroxyl groups is 1. The average Bonchev–Trinajstić information content (AvgIpc) is 2.84. The lowest BCUT2D eigenvalue weighted by Crippen LogP contribution is -1.97. The van der Waals surface area contributed by atoms with E-state index >= 15 is 0 Å². The molecule has 0 saturated carbocycles. The number of benzene rings is 2. The molecule has 0 aliphatic heterocycles. The van der Waals surface area contributed by atoms with Crippen LogP contribution in [0, 0.1) is 0 Å². The predicted octanol–water partition coefficient (Wildman–Crippen LogP) is 5.58. The number of aliphatic hydroxyl groups excluding tert-OH is 1. The first-order chi connectivity index (χ1) is 9.54. The molecule has 0 amide bonds. The van der Waals surface area contributed by atoms with E-state index in [4.69, 9.17) is 27.6 Å². The summed E-state index contributed by atoms with van der Waals surface area (Å²) in [7, 11) is 0. The molecule has 2 aromatic carbocycles. The molecule has 0 bridgehead atoms. The summed E-state index contributed by atoms with van der Waals surface area (Å²) in [4.78, 5) is 0. The van der Waals surface area contributed by atoms with Gasteiger partial charge < -0.3 is 9.52 Å². The number of hydrogen-bond donors (Lipinski definition) is 1. The van der Waals surface area contributed by atoms with Crippen molar-refractivity contribution in [3.8, 4) is 0 Å². The monoisotopic (exact) mass is 370 g/mol. The number of hydrogen-bond acceptors (Lipinski definition) is 2. The van der Waals surface area contributed by atoms with Crippen LogP contribution < -0.4 is 0 Å². The molecule has 0 spiro atoms. The molecule has 0 aliphatic carbocycles. The van der Waals surface area contributed by atoms with Crippen molar-refractivity contribution < 1.29 is 9.52 Å². The van der Waals surface area contributed by atoms with Crippen molar-refractivity contribution in [2.45, 2.75) is 6.10 Å². The van der Waals surface area contributed by atoms with Crippen molar-refractivity contribution in [3.63, 3.8) is 0 Å². The van der Waals surface area contributed by atoms with Gasteiger partial charge in [-0.1, -0.05) is 29.3 Å². The Morgan fingerprint density at radius 2 is 1.85 bits per heavy atom. The number of rotatable bonds is 2. The smallest absolute Gasteiger partial charge is 0.138 e. The fraction of sp³-hybridized carbons (Fsp3) is 0.0667. The van der Waals surface area contributed by atoms with Crippen molar-refractivity contribution in [1.82, 2.24) is 0 Å². The summed E-state index contributed by atoms with van der Waals surface area (Å²) in [5.74, 6) is 0.459. The van der Waals surface area contributed by atoms with E-state index in [1.807, 2.05) is 0 Å². The quantitative estimate of drug-likeness (QED) is 0.637. The molecule has 102 valence electrons. The summed E-state index contributed by atoms with van der Waals surface area (Å²) < 4.78 is 6.43. The second kappa shape index (κ2) is 5.41. The van der Waals surface area contributed by atoms with Crippen molar-refractivity contribution >= 4 is 50.1 Å². The van der Waals surface area contributed by atoms with E-state index in [9.17, 15) is 5.11 Å². The summed E-state index contributed by atoms with van der Waals surface area (Å²) in [5, 5.41) is 12.4. The molecule has 0 fully saturated rings. The van der Waals surface area contributed by atoms with Gasteiger partial charge in [-0.3, -0.25) is 0 Å². The highest BCUT2D eigenvalue weighted by atomic mass is 79.9. The first kappa shape index (κ1) is 14.0. The lowest BCUT2D eigenvalue weighted by molar-refractivity contribution is 0.192. The minimum Gasteiger partial charge on any atom is -0.458 e. The lowest BCUT2D eigenvalue weighted by atomic mass is 10.1. The Morgan fingerprint density at radius 1 is 1.05 bits per heavy atom. The standard InChI is InChI=1S/C15H9BrCl2O2/c16-11-3-1-8(6-12(11)18)15(19)14-7-9-5-10(17)2-4-13(9)20-14/h1-7,15,19H. The maximum absolute atomic E-state index is 10.4. The Balaban J connectivity index is 2.02. The van der Waals surface area contributed by atoms with Gasteiger partial charge in [0.05, 0.1) is 5.02 Å². The van der Waals surface area contributed by atoms with Gasteiger partial charge in [0, 0.05) is 14.9 Å². The van der Waals surface area contributed by atoms with Gasteiger partial charge in [-0.2, -0.15) is 0 Å². The molecule has 2 nitrogen and oxygen atoms in total. The zero-order valence-corrected chi connectivity index (χ0v) is 13.2. The third-order valence-electron chi connectivity index (χ3n) is 3.03. The van der Waals surface area contributed by atoms with Gasteiger partial charge in [0.15, 0.2) is 0 Å². The molecule has 3 rings (SSSR count). The lowest BCUT2D eigenvalue weighted by Gasteiger charge is -2.08. The Morgan fingerprint density at radius 3 is 2.60 bits per heavy atom. The zero-order valence-electron chi connectivity index (χ0n) is 10.1. The third kappa shape index (κ3) is 2.59. The fourth-order valence-corrected chi connectivity index (χ4v) is 2.63. The van der Waals surface area contributed by atoms with Crippen LogP contribution in [0.15, 0.2) is 51.4 Å². The Labute approximate surface area is 134 Å². The molecule has 1 N–H and O–H groups in total. The average molecular weight is 372 g/mol. The van der Waals surface area contributed by atoms with Gasteiger partial charge in [-0.05, 0) is 57.9 Å². The molecule has 1 atom stereocenters. The van der Waals surface area contributed by atoms with Crippen molar-refractivity contribution in [2.75, 3.05) is 0 Å². The predicted molar refractivity (Wildman–Crippen MR) is 84.4 cm³/mol. The van der Waals surface area contributed by atoms with Crippen LogP contribution >= 0.6 is 39.1 Å². The molecule has 0 saturated heterocycles. The number of furan rings is 1.